The Kier molecular flexibility index (Phi) is 6.39. The minimum absolute atomic E-state index is 0.322. The quantitative estimate of drug-likeness (QED) is 0.583. The zero-order valence-corrected chi connectivity index (χ0v) is 17.2. The van der Waals surface area contributed by atoms with Gasteiger partial charge in [0.1, 0.15) is 15.7 Å². The number of nitrogens with one attached hydrogen (secondary N) is 1. The van der Waals surface area contributed by atoms with Crippen LogP contribution in [0.5, 0.6) is 0 Å². The van der Waals surface area contributed by atoms with Crippen molar-refractivity contribution in [2.24, 2.45) is 0 Å². The molecule has 1 heterocycles. The third-order valence-corrected chi connectivity index (χ3v) is 5.60. The summed E-state index contributed by atoms with van der Waals surface area (Å²) < 4.78 is 18.3. The molecule has 0 atom stereocenters. The van der Waals surface area contributed by atoms with Crippen LogP contribution in [0.3, 0.4) is 0 Å². The molecule has 0 saturated carbocycles. The average Bonchev–Trinajstić information content (AvgIpc) is 3.10. The van der Waals surface area contributed by atoms with Crippen molar-refractivity contribution in [3.05, 3.63) is 70.0 Å². The molecule has 1 amide bonds. The summed E-state index contributed by atoms with van der Waals surface area (Å²) in [6.45, 7) is 5.23. The van der Waals surface area contributed by atoms with E-state index in [1.165, 1.54) is 12.1 Å². The van der Waals surface area contributed by atoms with Crippen LogP contribution < -0.4 is 5.32 Å². The number of para-hydroxylation sites is 1. The molecule has 0 spiro atoms. The van der Waals surface area contributed by atoms with E-state index in [1.807, 2.05) is 32.0 Å². The summed E-state index contributed by atoms with van der Waals surface area (Å²) in [5.41, 5.74) is 3.94. The lowest BCUT2D eigenvalue weighted by atomic mass is 10.1. The summed E-state index contributed by atoms with van der Waals surface area (Å²) in [5, 5.41) is 3.41. The van der Waals surface area contributed by atoms with Gasteiger partial charge in [0.25, 0.3) is 5.91 Å². The third kappa shape index (κ3) is 4.86. The number of ether oxygens (including phenoxy) is 1. The van der Waals surface area contributed by atoms with E-state index in [0.717, 1.165) is 34.6 Å². The van der Waals surface area contributed by atoms with Crippen LogP contribution in [-0.2, 0) is 16.0 Å². The van der Waals surface area contributed by atoms with Gasteiger partial charge in [-0.1, -0.05) is 25.1 Å². The molecule has 3 rings (SSSR count). The molecule has 0 aliphatic heterocycles. The van der Waals surface area contributed by atoms with Gasteiger partial charge < -0.3 is 10.1 Å². The van der Waals surface area contributed by atoms with Crippen molar-refractivity contribution in [1.29, 1.82) is 0 Å². The van der Waals surface area contributed by atoms with Gasteiger partial charge in [0.05, 0.1) is 5.69 Å². The van der Waals surface area contributed by atoms with Crippen LogP contribution in [0, 0.1) is 19.7 Å². The number of rotatable bonds is 6. The van der Waals surface area contributed by atoms with Gasteiger partial charge in [-0.15, -0.1) is 11.3 Å². The lowest BCUT2D eigenvalue weighted by molar-refractivity contribution is -0.119. The number of esters is 1. The van der Waals surface area contributed by atoms with Gasteiger partial charge in [0, 0.05) is 11.3 Å². The van der Waals surface area contributed by atoms with E-state index in [2.05, 4.69) is 10.3 Å². The third-order valence-electron chi connectivity index (χ3n) is 4.41. The van der Waals surface area contributed by atoms with Crippen LogP contribution in [-0.4, -0.2) is 23.5 Å². The Labute approximate surface area is 172 Å². The number of nitrogens with zero attached hydrogens (tertiary/aromatic N) is 1. The monoisotopic (exact) mass is 412 g/mol. The molecule has 0 fully saturated rings. The van der Waals surface area contributed by atoms with Crippen LogP contribution in [0.4, 0.5) is 10.1 Å². The smallest absolute Gasteiger partial charge is 0.350 e. The number of anilines is 1. The topological polar surface area (TPSA) is 68.3 Å². The molecule has 3 aromatic rings. The number of aromatic nitrogens is 1. The number of halogens is 1. The van der Waals surface area contributed by atoms with Crippen molar-refractivity contribution in [3.63, 3.8) is 0 Å². The fourth-order valence-electron chi connectivity index (χ4n) is 2.88. The van der Waals surface area contributed by atoms with Crippen molar-refractivity contribution in [2.45, 2.75) is 27.2 Å². The number of hydrogen-bond donors (Lipinski definition) is 1. The number of aryl methyl sites for hydroxylation is 3. The summed E-state index contributed by atoms with van der Waals surface area (Å²) in [5.74, 6) is -1.35. The maximum atomic E-state index is 13.1. The molecule has 0 radical (unpaired) electrons. The van der Waals surface area contributed by atoms with Crippen molar-refractivity contribution >= 4 is 28.9 Å². The van der Waals surface area contributed by atoms with E-state index in [1.54, 1.807) is 19.1 Å². The number of carbonyl (C=O) groups is 2. The van der Waals surface area contributed by atoms with Crippen LogP contribution in [0.25, 0.3) is 10.6 Å². The standard InChI is InChI=1S/C22H21FN2O3S/c1-4-15-7-5-6-13(2)19(15)25-18(26)12-28-22(27)20-14(3)24-21(29-20)16-8-10-17(23)11-9-16/h5-11H,4,12H2,1-3H3,(H,25,26). The number of amides is 1. The largest absolute Gasteiger partial charge is 0.451 e. The van der Waals surface area contributed by atoms with Crippen LogP contribution >= 0.6 is 11.3 Å². The first-order valence-corrected chi connectivity index (χ1v) is 9.99. The van der Waals surface area contributed by atoms with Gasteiger partial charge in [-0.25, -0.2) is 14.2 Å². The molecule has 29 heavy (non-hydrogen) atoms. The Morgan fingerprint density at radius 1 is 1.14 bits per heavy atom. The molecule has 1 N–H and O–H groups in total. The van der Waals surface area contributed by atoms with E-state index in [0.29, 0.717) is 21.1 Å². The Morgan fingerprint density at radius 3 is 2.55 bits per heavy atom. The van der Waals surface area contributed by atoms with Crippen LogP contribution in [0.15, 0.2) is 42.5 Å². The number of thiazole rings is 1. The highest BCUT2D eigenvalue weighted by Gasteiger charge is 2.19. The van der Waals surface area contributed by atoms with E-state index in [4.69, 9.17) is 4.74 Å². The van der Waals surface area contributed by atoms with E-state index >= 15 is 0 Å². The van der Waals surface area contributed by atoms with Gasteiger partial charge >= 0.3 is 5.97 Å². The number of hydrogen-bond acceptors (Lipinski definition) is 5. The molecule has 0 aliphatic carbocycles. The lowest BCUT2D eigenvalue weighted by Gasteiger charge is -2.13. The second-order valence-electron chi connectivity index (χ2n) is 6.53. The van der Waals surface area contributed by atoms with E-state index in [-0.39, 0.29) is 12.4 Å². The first kappa shape index (κ1) is 20.7. The molecular weight excluding hydrogens is 391 g/mol. The fraction of sp³-hybridized carbons (Fsp3) is 0.227. The summed E-state index contributed by atoms with van der Waals surface area (Å²) in [6.07, 6.45) is 0.781. The molecule has 0 bridgehead atoms. The Balaban J connectivity index is 1.65. The molecule has 0 unspecified atom stereocenters. The van der Waals surface area contributed by atoms with E-state index < -0.39 is 11.9 Å². The predicted molar refractivity (Wildman–Crippen MR) is 112 cm³/mol. The first-order valence-electron chi connectivity index (χ1n) is 9.18. The fourth-order valence-corrected chi connectivity index (χ4v) is 3.84. The second-order valence-corrected chi connectivity index (χ2v) is 7.53. The van der Waals surface area contributed by atoms with Crippen molar-refractivity contribution in [3.8, 4) is 10.6 Å². The maximum Gasteiger partial charge on any atom is 0.350 e. The van der Waals surface area contributed by atoms with Crippen molar-refractivity contribution < 1.29 is 18.7 Å². The molecule has 1 aromatic heterocycles. The molecule has 2 aromatic carbocycles. The highest BCUT2D eigenvalue weighted by molar-refractivity contribution is 7.17. The molecule has 5 nitrogen and oxygen atoms in total. The average molecular weight is 412 g/mol. The van der Waals surface area contributed by atoms with E-state index in [9.17, 15) is 14.0 Å². The first-order chi connectivity index (χ1) is 13.9. The Morgan fingerprint density at radius 2 is 1.86 bits per heavy atom. The maximum absolute atomic E-state index is 13.1. The highest BCUT2D eigenvalue weighted by atomic mass is 32.1. The van der Waals surface area contributed by atoms with Crippen LogP contribution in [0.2, 0.25) is 0 Å². The molecule has 0 saturated heterocycles. The zero-order chi connectivity index (χ0) is 21.0. The van der Waals surface area contributed by atoms with Gasteiger partial charge in [-0.3, -0.25) is 4.79 Å². The van der Waals surface area contributed by atoms with Gasteiger partial charge in [-0.05, 0) is 55.7 Å². The molecule has 0 aliphatic rings. The Bertz CT molecular complexity index is 1040. The van der Waals surface area contributed by atoms with Gasteiger partial charge in [0.15, 0.2) is 6.61 Å². The summed E-state index contributed by atoms with van der Waals surface area (Å²) in [7, 11) is 0. The highest BCUT2D eigenvalue weighted by Crippen LogP contribution is 2.28. The second kappa shape index (κ2) is 8.96. The molecule has 7 heteroatoms. The van der Waals surface area contributed by atoms with Crippen LogP contribution in [0.1, 0.15) is 33.4 Å². The number of carbonyl (C=O) groups excluding carboxylic acids is 2. The Hall–Kier alpha value is -3.06. The van der Waals surface area contributed by atoms with Gasteiger partial charge in [-0.2, -0.15) is 0 Å². The molecule has 150 valence electrons. The summed E-state index contributed by atoms with van der Waals surface area (Å²) in [4.78, 5) is 29.4. The minimum Gasteiger partial charge on any atom is -0.451 e. The zero-order valence-electron chi connectivity index (χ0n) is 16.4. The van der Waals surface area contributed by atoms with Crippen molar-refractivity contribution in [1.82, 2.24) is 4.98 Å². The summed E-state index contributed by atoms with van der Waals surface area (Å²) >= 11 is 1.15. The SMILES string of the molecule is CCc1cccc(C)c1NC(=O)COC(=O)c1sc(-c2ccc(F)cc2)nc1C. The summed E-state index contributed by atoms with van der Waals surface area (Å²) in [6, 6.07) is 11.7. The predicted octanol–water partition coefficient (Wildman–Crippen LogP) is 4.92. The number of benzene rings is 2. The molecular formula is C22H21FN2O3S. The normalized spacial score (nSPS) is 10.6. The van der Waals surface area contributed by atoms with Crippen molar-refractivity contribution in [2.75, 3.05) is 11.9 Å². The minimum atomic E-state index is -0.607. The van der Waals surface area contributed by atoms with Gasteiger partial charge in [0.2, 0.25) is 0 Å². The lowest BCUT2D eigenvalue weighted by Crippen LogP contribution is -2.22.